The van der Waals surface area contributed by atoms with E-state index in [0.29, 0.717) is 5.56 Å². The zero-order chi connectivity index (χ0) is 29.8. The summed E-state index contributed by atoms with van der Waals surface area (Å²) in [5.41, 5.74) is 0.518. The molecule has 41 heavy (non-hydrogen) atoms. The van der Waals surface area contributed by atoms with Crippen molar-refractivity contribution in [2.24, 2.45) is 0 Å². The summed E-state index contributed by atoms with van der Waals surface area (Å²) in [6, 6.07) is 9.05. The molecule has 14 nitrogen and oxygen atoms in total. The summed E-state index contributed by atoms with van der Waals surface area (Å²) in [7, 11) is 0. The molecule has 0 saturated carbocycles. The van der Waals surface area contributed by atoms with Gasteiger partial charge < -0.3 is 35.0 Å². The molecule has 3 amide bonds. The van der Waals surface area contributed by atoms with Crippen molar-refractivity contribution in [3.8, 4) is 11.4 Å². The first kappa shape index (κ1) is 30.8. The lowest BCUT2D eigenvalue weighted by atomic mass is 10.1. The molecule has 0 aliphatic carbocycles. The van der Waals surface area contributed by atoms with Crippen LogP contribution in [0.25, 0.3) is 11.4 Å². The molecule has 14 heteroatoms. The van der Waals surface area contributed by atoms with E-state index in [9.17, 15) is 29.1 Å². The Hall–Kier alpha value is -4.75. The third-order valence-electron chi connectivity index (χ3n) is 6.08. The number of nitrogens with one attached hydrogen (secondary N) is 2. The number of carboxylic acid groups (broad SMARTS) is 1. The fourth-order valence-electron chi connectivity index (χ4n) is 4.05. The average Bonchev–Trinajstić information content (AvgIpc) is 2.98. The van der Waals surface area contributed by atoms with Gasteiger partial charge in [-0.15, -0.1) is 0 Å². The summed E-state index contributed by atoms with van der Waals surface area (Å²) in [6.45, 7) is 4.51. The molecule has 1 saturated heterocycles. The first-order valence-corrected chi connectivity index (χ1v) is 13.3. The van der Waals surface area contributed by atoms with Crippen LogP contribution >= 0.6 is 0 Å². The van der Waals surface area contributed by atoms with Crippen molar-refractivity contribution in [2.45, 2.75) is 32.7 Å². The van der Waals surface area contributed by atoms with Crippen molar-refractivity contribution < 1.29 is 38.6 Å². The van der Waals surface area contributed by atoms with Gasteiger partial charge in [0.15, 0.2) is 5.82 Å². The number of hydrogen-bond donors (Lipinski definition) is 3. The molecule has 2 heterocycles. The number of piperazine rings is 1. The van der Waals surface area contributed by atoms with E-state index in [0.717, 1.165) is 0 Å². The van der Waals surface area contributed by atoms with Gasteiger partial charge in [0.05, 0.1) is 13.2 Å². The molecule has 0 spiro atoms. The molecule has 1 fully saturated rings. The summed E-state index contributed by atoms with van der Waals surface area (Å²) in [5, 5.41) is 14.7. The monoisotopic (exact) mass is 570 g/mol. The van der Waals surface area contributed by atoms with E-state index in [1.165, 1.54) is 15.9 Å². The van der Waals surface area contributed by atoms with Crippen LogP contribution in [-0.2, 0) is 23.9 Å². The number of amides is 3. The van der Waals surface area contributed by atoms with Crippen LogP contribution in [0.3, 0.4) is 0 Å². The second-order valence-electron chi connectivity index (χ2n) is 8.96. The van der Waals surface area contributed by atoms with Crippen molar-refractivity contribution >= 4 is 35.7 Å². The van der Waals surface area contributed by atoms with Crippen LogP contribution in [0.4, 0.5) is 10.6 Å². The number of anilines is 1. The van der Waals surface area contributed by atoms with Crippen LogP contribution in [0.15, 0.2) is 36.4 Å². The summed E-state index contributed by atoms with van der Waals surface area (Å²) >= 11 is 0. The second-order valence-corrected chi connectivity index (χ2v) is 8.96. The van der Waals surface area contributed by atoms with Crippen molar-refractivity contribution in [2.75, 3.05) is 51.3 Å². The Labute approximate surface area is 237 Å². The molecule has 1 aliphatic heterocycles. The predicted molar refractivity (Wildman–Crippen MR) is 146 cm³/mol. The van der Waals surface area contributed by atoms with E-state index < -0.39 is 35.9 Å². The molecule has 1 aromatic carbocycles. The quantitative estimate of drug-likeness (QED) is 0.314. The Balaban J connectivity index is 1.80. The summed E-state index contributed by atoms with van der Waals surface area (Å²) < 4.78 is 9.93. The number of carboxylic acids is 1. The molecule has 220 valence electrons. The van der Waals surface area contributed by atoms with Crippen molar-refractivity contribution in [1.82, 2.24) is 25.1 Å². The van der Waals surface area contributed by atoms with Crippen molar-refractivity contribution in [3.05, 3.63) is 42.1 Å². The molecule has 1 aliphatic rings. The number of aromatic nitrogens is 2. The van der Waals surface area contributed by atoms with Gasteiger partial charge in [-0.3, -0.25) is 19.2 Å². The summed E-state index contributed by atoms with van der Waals surface area (Å²) in [5.74, 6) is -2.45. The summed E-state index contributed by atoms with van der Waals surface area (Å²) in [4.78, 5) is 73.6. The van der Waals surface area contributed by atoms with Crippen LogP contribution in [0.1, 0.15) is 37.2 Å². The standard InChI is InChI=1S/C27H34N6O8/c1-3-40-23(36)17-28-21-16-20(29-24(31-21)18-8-6-5-7-9-18)25(37)30-19(10-11-22(34)35)26(38)32-12-14-33(15-13-32)27(39)41-4-2/h5-9,16,19H,3-4,10-15,17H2,1-2H3,(H,30,37)(H,34,35)(H,28,29,31). The van der Waals surface area contributed by atoms with Gasteiger partial charge in [0, 0.05) is 44.2 Å². The molecule has 3 rings (SSSR count). The largest absolute Gasteiger partial charge is 0.481 e. The Kier molecular flexibility index (Phi) is 11.4. The Bertz CT molecular complexity index is 1230. The topological polar surface area (TPSA) is 180 Å². The molecule has 1 aromatic heterocycles. The third-order valence-corrected chi connectivity index (χ3v) is 6.08. The fourth-order valence-corrected chi connectivity index (χ4v) is 4.05. The Morgan fingerprint density at radius 2 is 1.61 bits per heavy atom. The maximum atomic E-state index is 13.4. The Morgan fingerprint density at radius 1 is 0.951 bits per heavy atom. The minimum atomic E-state index is -1.15. The zero-order valence-corrected chi connectivity index (χ0v) is 23.0. The number of nitrogens with zero attached hydrogens (tertiary/aromatic N) is 4. The molecular weight excluding hydrogens is 536 g/mol. The van der Waals surface area contributed by atoms with E-state index in [1.807, 2.05) is 6.07 Å². The first-order chi connectivity index (χ1) is 19.7. The van der Waals surface area contributed by atoms with E-state index >= 15 is 0 Å². The van der Waals surface area contributed by atoms with Crippen LogP contribution in [-0.4, -0.2) is 107 Å². The first-order valence-electron chi connectivity index (χ1n) is 13.3. The van der Waals surface area contributed by atoms with Gasteiger partial charge in [0.1, 0.15) is 24.1 Å². The molecule has 3 N–H and O–H groups in total. The fraction of sp³-hybridized carbons (Fsp3) is 0.444. The Morgan fingerprint density at radius 3 is 2.24 bits per heavy atom. The molecule has 0 bridgehead atoms. The molecule has 1 atom stereocenters. The van der Waals surface area contributed by atoms with E-state index in [4.69, 9.17) is 9.47 Å². The smallest absolute Gasteiger partial charge is 0.409 e. The average molecular weight is 571 g/mol. The molecule has 1 unspecified atom stereocenters. The van der Waals surface area contributed by atoms with E-state index in [2.05, 4.69) is 20.6 Å². The number of carbonyl (C=O) groups is 5. The minimum absolute atomic E-state index is 0.0922. The minimum Gasteiger partial charge on any atom is -0.481 e. The third kappa shape index (κ3) is 9.15. The van der Waals surface area contributed by atoms with Crippen molar-refractivity contribution in [3.63, 3.8) is 0 Å². The van der Waals surface area contributed by atoms with Crippen LogP contribution < -0.4 is 10.6 Å². The predicted octanol–water partition coefficient (Wildman–Crippen LogP) is 1.38. The van der Waals surface area contributed by atoms with Crippen LogP contribution in [0.5, 0.6) is 0 Å². The van der Waals surface area contributed by atoms with Crippen LogP contribution in [0, 0.1) is 0 Å². The molecular formula is C27H34N6O8. The highest BCUT2D eigenvalue weighted by Gasteiger charge is 2.31. The zero-order valence-electron chi connectivity index (χ0n) is 23.0. The van der Waals surface area contributed by atoms with E-state index in [-0.39, 0.29) is 76.1 Å². The van der Waals surface area contributed by atoms with Gasteiger partial charge in [0.25, 0.3) is 5.91 Å². The summed E-state index contributed by atoms with van der Waals surface area (Å²) in [6.07, 6.45) is -0.978. The molecule has 2 aromatic rings. The maximum absolute atomic E-state index is 13.4. The van der Waals surface area contributed by atoms with Gasteiger partial charge in [-0.05, 0) is 20.3 Å². The van der Waals surface area contributed by atoms with Gasteiger partial charge in [-0.1, -0.05) is 30.3 Å². The number of rotatable bonds is 12. The SMILES string of the molecule is CCOC(=O)CNc1cc(C(=O)NC(CCC(=O)O)C(=O)N2CCN(C(=O)OCC)CC2)nc(-c2ccccc2)n1. The maximum Gasteiger partial charge on any atom is 0.409 e. The lowest BCUT2D eigenvalue weighted by molar-refractivity contribution is -0.141. The normalized spacial score (nSPS) is 13.6. The van der Waals surface area contributed by atoms with Gasteiger partial charge >= 0.3 is 18.0 Å². The second kappa shape index (κ2) is 15.1. The number of hydrogen-bond acceptors (Lipinski definition) is 10. The number of ether oxygens (including phenoxy) is 2. The highest BCUT2D eigenvalue weighted by atomic mass is 16.6. The number of esters is 1. The van der Waals surface area contributed by atoms with Gasteiger partial charge in [0.2, 0.25) is 5.91 Å². The lowest BCUT2D eigenvalue weighted by Crippen LogP contribution is -2.56. The molecule has 0 radical (unpaired) electrons. The highest BCUT2D eigenvalue weighted by molar-refractivity contribution is 5.97. The van der Waals surface area contributed by atoms with Crippen LogP contribution in [0.2, 0.25) is 0 Å². The van der Waals surface area contributed by atoms with E-state index in [1.54, 1.807) is 38.1 Å². The number of aliphatic carboxylic acids is 1. The lowest BCUT2D eigenvalue weighted by Gasteiger charge is -2.35. The van der Waals surface area contributed by atoms with Gasteiger partial charge in [-0.2, -0.15) is 0 Å². The number of benzene rings is 1. The van der Waals surface area contributed by atoms with Gasteiger partial charge in [-0.25, -0.2) is 14.8 Å². The van der Waals surface area contributed by atoms with Crippen molar-refractivity contribution in [1.29, 1.82) is 0 Å². The highest BCUT2D eigenvalue weighted by Crippen LogP contribution is 2.18. The number of carbonyl (C=O) groups excluding carboxylic acids is 4.